The van der Waals surface area contributed by atoms with Crippen molar-refractivity contribution in [2.75, 3.05) is 9.80 Å². The van der Waals surface area contributed by atoms with Crippen LogP contribution in [0.15, 0.2) is 255 Å². The number of rotatable bonds is 10. The summed E-state index contributed by atoms with van der Waals surface area (Å²) in [5.41, 5.74) is 16.6. The number of hydrogen-bond donors (Lipinski definition) is 0. The average molecular weight is 1090 g/mol. The van der Waals surface area contributed by atoms with Crippen LogP contribution >= 0.6 is 22.7 Å². The summed E-state index contributed by atoms with van der Waals surface area (Å²) in [6, 6.07) is 95.1. The molecule has 0 atom stereocenters. The van der Waals surface area contributed by atoms with Crippen LogP contribution in [0.3, 0.4) is 0 Å². The van der Waals surface area contributed by atoms with E-state index in [1.807, 2.05) is 22.7 Å². The molecule has 4 aromatic heterocycles. The molecule has 0 saturated carbocycles. The summed E-state index contributed by atoms with van der Waals surface area (Å²) in [4.78, 5) is 4.84. The predicted octanol–water partition coefficient (Wildman–Crippen LogP) is 23.0. The molecule has 0 aliphatic rings. The van der Waals surface area contributed by atoms with Crippen LogP contribution in [0.25, 0.3) is 106 Å². The normalized spacial score (nSPS) is 12.1. The fourth-order valence-corrected chi connectivity index (χ4v) is 15.3. The van der Waals surface area contributed by atoms with Crippen molar-refractivity contribution in [1.29, 1.82) is 0 Å². The van der Waals surface area contributed by atoms with Crippen LogP contribution < -0.4 is 9.80 Å². The molecule has 16 aromatic rings. The summed E-state index contributed by atoms with van der Waals surface area (Å²) in [7, 11) is 0. The van der Waals surface area contributed by atoms with Gasteiger partial charge < -0.3 is 18.9 Å². The lowest BCUT2D eigenvalue weighted by molar-refractivity contribution is 0.865. The lowest BCUT2D eigenvalue weighted by atomic mass is 9.99. The number of fused-ring (bicyclic) bond motifs is 15. The molecule has 0 spiro atoms. The second-order valence-electron chi connectivity index (χ2n) is 22.5. The quantitative estimate of drug-likeness (QED) is 0.136. The first-order chi connectivity index (χ1) is 40.3. The monoisotopic (exact) mass is 1090 g/mol. The zero-order valence-electron chi connectivity index (χ0n) is 46.0. The Hall–Kier alpha value is -9.46. The molecule has 4 nitrogen and oxygen atoms in total. The number of thiophene rings is 2. The van der Waals surface area contributed by atoms with Gasteiger partial charge in [0.05, 0.1) is 22.1 Å². The molecular weight excluding hydrogens is 1030 g/mol. The van der Waals surface area contributed by atoms with Crippen LogP contribution in [0.2, 0.25) is 0 Å². The minimum atomic E-state index is 0.479. The van der Waals surface area contributed by atoms with E-state index < -0.39 is 0 Å². The molecule has 0 bridgehead atoms. The minimum Gasteiger partial charge on any atom is -0.310 e. The van der Waals surface area contributed by atoms with Crippen LogP contribution in [-0.2, 0) is 0 Å². The molecule has 0 N–H and O–H groups in total. The van der Waals surface area contributed by atoms with Crippen molar-refractivity contribution in [2.24, 2.45) is 0 Å². The van der Waals surface area contributed by atoms with E-state index in [1.54, 1.807) is 0 Å². The van der Waals surface area contributed by atoms with Gasteiger partial charge in [-0.25, -0.2) is 0 Å². The Morgan fingerprint density at radius 3 is 1.04 bits per heavy atom. The van der Waals surface area contributed by atoms with Crippen LogP contribution in [0.1, 0.15) is 50.7 Å². The summed E-state index contributed by atoms with van der Waals surface area (Å²) in [5.74, 6) is 0.958. The van der Waals surface area contributed by atoms with Gasteiger partial charge in [0.1, 0.15) is 0 Å². The Labute approximate surface area is 484 Å². The zero-order chi connectivity index (χ0) is 54.7. The van der Waals surface area contributed by atoms with Crippen molar-refractivity contribution in [3.63, 3.8) is 0 Å². The Morgan fingerprint density at radius 1 is 0.268 bits per heavy atom. The van der Waals surface area contributed by atoms with Crippen molar-refractivity contribution in [3.8, 4) is 11.4 Å². The molecule has 0 unspecified atom stereocenters. The van der Waals surface area contributed by atoms with Gasteiger partial charge in [-0.1, -0.05) is 149 Å². The third-order valence-electron chi connectivity index (χ3n) is 17.0. The summed E-state index contributed by atoms with van der Waals surface area (Å²) < 4.78 is 9.97. The molecule has 0 saturated heterocycles. The predicted molar refractivity (Wildman–Crippen MR) is 356 cm³/mol. The van der Waals surface area contributed by atoms with E-state index >= 15 is 0 Å². The minimum absolute atomic E-state index is 0.479. The Bertz CT molecular complexity index is 4830. The lowest BCUT2D eigenvalue weighted by Crippen LogP contribution is -2.09. The molecule has 0 aliphatic heterocycles. The second-order valence-corrected chi connectivity index (χ2v) is 24.6. The number of para-hydroxylation sites is 4. The SMILES string of the molecule is CC(C)c1ccc(-n2c3ccccc3c3cc(N(c4ccccc4)c4ccc5c(c4)sc4ccc6c(ccc7sc8cc(N(c9ccccc9)c9ccc%10c(c9)c9ccccc9n%10-c9ccc(C(C)C)cc9)ccc8c76)c45)ccc32)cc1. The van der Waals surface area contributed by atoms with Crippen LogP contribution in [0, 0.1) is 0 Å². The summed E-state index contributed by atoms with van der Waals surface area (Å²) in [6.45, 7) is 9.01. The standard InChI is InChI=1S/C76H56N4S2/c1-47(2)49-23-27-53(28-24-49)79-67-21-13-11-19-59(67)65-43-55(33-39-69(65)79)77(51-15-7-5-8-16-51)57-31-35-63-73(45-57)81-71-41-37-62-61(75(63)71)38-42-72-76(62)64-36-32-58(46-74(64)82-72)78(52-17-9-6-10-18-52)56-34-40-70-66(44-56)60-20-12-14-22-68(60)80(70)54-29-25-50(26-30-54)48(3)4/h5-48H,1-4H3. The molecule has 12 aromatic carbocycles. The molecule has 4 heterocycles. The number of benzene rings is 12. The van der Waals surface area contributed by atoms with Gasteiger partial charge in [0.15, 0.2) is 0 Å². The lowest BCUT2D eigenvalue weighted by Gasteiger charge is -2.26. The molecule has 0 fully saturated rings. The maximum Gasteiger partial charge on any atom is 0.0542 e. The largest absolute Gasteiger partial charge is 0.310 e. The third-order valence-corrected chi connectivity index (χ3v) is 19.3. The topological polar surface area (TPSA) is 16.3 Å². The van der Waals surface area contributed by atoms with Crippen molar-refractivity contribution in [2.45, 2.75) is 39.5 Å². The van der Waals surface area contributed by atoms with E-state index in [-0.39, 0.29) is 0 Å². The first-order valence-corrected chi connectivity index (χ1v) is 30.2. The molecule has 16 rings (SSSR count). The highest BCUT2D eigenvalue weighted by Crippen LogP contribution is 2.49. The van der Waals surface area contributed by atoms with E-state index in [9.17, 15) is 0 Å². The summed E-state index contributed by atoms with van der Waals surface area (Å²) in [6.07, 6.45) is 0. The maximum absolute atomic E-state index is 2.42. The van der Waals surface area contributed by atoms with Gasteiger partial charge in [-0.05, 0) is 167 Å². The van der Waals surface area contributed by atoms with E-state index in [1.165, 1.54) is 117 Å². The number of nitrogens with zero attached hydrogens (tertiary/aromatic N) is 4. The number of hydrogen-bond acceptors (Lipinski definition) is 4. The van der Waals surface area contributed by atoms with Crippen molar-refractivity contribution in [3.05, 3.63) is 266 Å². The number of anilines is 6. The summed E-state index contributed by atoms with van der Waals surface area (Å²) >= 11 is 3.77. The second kappa shape index (κ2) is 19.1. The highest BCUT2D eigenvalue weighted by atomic mass is 32.1. The van der Waals surface area contributed by atoms with Gasteiger partial charge >= 0.3 is 0 Å². The Kier molecular flexibility index (Phi) is 11.3. The zero-order valence-corrected chi connectivity index (χ0v) is 47.6. The molecule has 6 heteroatoms. The van der Waals surface area contributed by atoms with Gasteiger partial charge in [0.2, 0.25) is 0 Å². The molecule has 0 amide bonds. The van der Waals surface area contributed by atoms with Crippen LogP contribution in [0.4, 0.5) is 34.1 Å². The van der Waals surface area contributed by atoms with Gasteiger partial charge in [-0.3, -0.25) is 0 Å². The van der Waals surface area contributed by atoms with Crippen LogP contribution in [0.5, 0.6) is 0 Å². The summed E-state index contributed by atoms with van der Waals surface area (Å²) in [5, 5.41) is 12.8. The van der Waals surface area contributed by atoms with E-state index in [0.29, 0.717) is 11.8 Å². The fraction of sp³-hybridized carbons (Fsp3) is 0.0789. The van der Waals surface area contributed by atoms with Gasteiger partial charge in [0, 0.05) is 107 Å². The van der Waals surface area contributed by atoms with E-state index in [4.69, 9.17) is 0 Å². The smallest absolute Gasteiger partial charge is 0.0542 e. The van der Waals surface area contributed by atoms with Crippen molar-refractivity contribution in [1.82, 2.24) is 9.13 Å². The molecule has 82 heavy (non-hydrogen) atoms. The highest BCUT2D eigenvalue weighted by Gasteiger charge is 2.23. The molecule has 392 valence electrons. The van der Waals surface area contributed by atoms with E-state index in [0.717, 1.165) is 34.1 Å². The van der Waals surface area contributed by atoms with Crippen LogP contribution in [-0.4, -0.2) is 9.13 Å². The van der Waals surface area contributed by atoms with Gasteiger partial charge in [0.25, 0.3) is 0 Å². The van der Waals surface area contributed by atoms with Gasteiger partial charge in [-0.15, -0.1) is 22.7 Å². The van der Waals surface area contributed by atoms with Gasteiger partial charge in [-0.2, -0.15) is 0 Å². The molecular formula is C76H56N4S2. The Morgan fingerprint density at radius 2 is 0.622 bits per heavy atom. The number of aromatic nitrogens is 2. The molecule has 0 aliphatic carbocycles. The fourth-order valence-electron chi connectivity index (χ4n) is 13.0. The van der Waals surface area contributed by atoms with Crippen molar-refractivity contribution < 1.29 is 0 Å². The first-order valence-electron chi connectivity index (χ1n) is 28.5. The maximum atomic E-state index is 2.42. The Balaban J connectivity index is 0.792. The average Bonchev–Trinajstić information content (AvgIpc) is 4.06. The third kappa shape index (κ3) is 7.70. The molecule has 0 radical (unpaired) electrons. The first kappa shape index (κ1) is 48.4. The highest BCUT2D eigenvalue weighted by molar-refractivity contribution is 7.26. The van der Waals surface area contributed by atoms with Crippen molar-refractivity contribution >= 4 is 152 Å². The van der Waals surface area contributed by atoms with E-state index in [2.05, 4.69) is 301 Å².